The van der Waals surface area contributed by atoms with Crippen LogP contribution in [0.25, 0.3) is 22.2 Å². The molecule has 4 aromatic rings. The summed E-state index contributed by atoms with van der Waals surface area (Å²) in [6, 6.07) is 19.0. The largest absolute Gasteiger partial charge is 0.462 e. The van der Waals surface area contributed by atoms with Crippen molar-refractivity contribution in [1.82, 2.24) is 10.3 Å². The molecule has 0 aliphatic heterocycles. The van der Waals surface area contributed by atoms with Crippen molar-refractivity contribution in [2.75, 3.05) is 11.9 Å². The van der Waals surface area contributed by atoms with E-state index in [-0.39, 0.29) is 17.0 Å². The van der Waals surface area contributed by atoms with Gasteiger partial charge in [0.15, 0.2) is 5.11 Å². The number of anilines is 1. The average molecular weight is 516 g/mol. The summed E-state index contributed by atoms with van der Waals surface area (Å²) in [5.74, 6) is -0.705. The summed E-state index contributed by atoms with van der Waals surface area (Å²) in [4.78, 5) is 32.1. The number of amides is 1. The Morgan fingerprint density at radius 1 is 1.06 bits per heavy atom. The molecule has 2 aromatic carbocycles. The fourth-order valence-electron chi connectivity index (χ4n) is 4.50. The molecule has 0 atom stereocenters. The van der Waals surface area contributed by atoms with Crippen molar-refractivity contribution in [3.63, 3.8) is 0 Å². The van der Waals surface area contributed by atoms with Gasteiger partial charge in [-0.05, 0) is 62.5 Å². The number of thiophene rings is 1. The lowest BCUT2D eigenvalue weighted by molar-refractivity contribution is 0.0526. The number of nitrogens with one attached hydrogen (secondary N) is 2. The van der Waals surface area contributed by atoms with E-state index in [0.29, 0.717) is 28.4 Å². The Hall–Kier alpha value is -3.62. The molecule has 5 rings (SSSR count). The zero-order valence-electron chi connectivity index (χ0n) is 19.8. The second-order valence-electron chi connectivity index (χ2n) is 8.48. The molecule has 8 heteroatoms. The number of thiocarbonyl (C=S) groups is 1. The van der Waals surface area contributed by atoms with E-state index in [1.54, 1.807) is 13.0 Å². The Morgan fingerprint density at radius 3 is 2.61 bits per heavy atom. The number of carbonyl (C=O) groups excluding carboxylic acids is 2. The molecule has 2 heterocycles. The first-order chi connectivity index (χ1) is 17.5. The van der Waals surface area contributed by atoms with Crippen LogP contribution in [0.3, 0.4) is 0 Å². The summed E-state index contributed by atoms with van der Waals surface area (Å²) in [7, 11) is 0. The number of aromatic nitrogens is 1. The number of nitrogens with zero attached hydrogens (tertiary/aromatic N) is 1. The number of carbonyl (C=O) groups is 2. The molecule has 1 amide bonds. The summed E-state index contributed by atoms with van der Waals surface area (Å²) >= 11 is 7.02. The second-order valence-corrected chi connectivity index (χ2v) is 10.00. The standard InChI is InChI=1S/C28H25N3O3S2/c1-2-34-27(33)24-19-13-7-9-15-23(19)36-26(24)31-28(35)30-25(32)20-16-22(17-10-4-3-5-11-17)29-21-14-8-6-12-18(20)21/h3-6,8,10-12,14,16H,2,7,9,13,15H2,1H3,(H2,30,31,32,35). The predicted octanol–water partition coefficient (Wildman–Crippen LogP) is 6.15. The zero-order chi connectivity index (χ0) is 25.1. The number of fused-ring (bicyclic) bond motifs is 2. The molecule has 0 fully saturated rings. The molecule has 0 saturated carbocycles. The van der Waals surface area contributed by atoms with Gasteiger partial charge in [0.2, 0.25) is 0 Å². The van der Waals surface area contributed by atoms with Gasteiger partial charge in [-0.25, -0.2) is 9.78 Å². The minimum Gasteiger partial charge on any atom is -0.462 e. The highest BCUT2D eigenvalue weighted by Crippen LogP contribution is 2.38. The monoisotopic (exact) mass is 515 g/mol. The second kappa shape index (κ2) is 10.6. The minimum atomic E-state index is -0.360. The third kappa shape index (κ3) is 4.87. The summed E-state index contributed by atoms with van der Waals surface area (Å²) < 4.78 is 5.32. The van der Waals surface area contributed by atoms with Crippen LogP contribution in [0.1, 0.15) is 50.9 Å². The summed E-state index contributed by atoms with van der Waals surface area (Å²) in [5.41, 5.74) is 4.39. The third-order valence-electron chi connectivity index (χ3n) is 6.14. The van der Waals surface area contributed by atoms with E-state index in [1.807, 2.05) is 54.6 Å². The molecule has 1 aliphatic carbocycles. The molecule has 0 radical (unpaired) electrons. The molecule has 36 heavy (non-hydrogen) atoms. The fourth-order valence-corrected chi connectivity index (χ4v) is 6.04. The number of rotatable bonds is 5. The molecular formula is C28H25N3O3S2. The molecular weight excluding hydrogens is 490 g/mol. The average Bonchev–Trinajstić information content (AvgIpc) is 3.26. The highest BCUT2D eigenvalue weighted by atomic mass is 32.1. The van der Waals surface area contributed by atoms with E-state index in [2.05, 4.69) is 10.6 Å². The first kappa shape index (κ1) is 24.1. The maximum absolute atomic E-state index is 13.4. The molecule has 0 bridgehead atoms. The van der Waals surface area contributed by atoms with Gasteiger partial charge in [0.05, 0.1) is 28.9 Å². The van der Waals surface area contributed by atoms with E-state index < -0.39 is 0 Å². The highest BCUT2D eigenvalue weighted by Gasteiger charge is 2.27. The number of esters is 1. The van der Waals surface area contributed by atoms with Crippen molar-refractivity contribution in [2.45, 2.75) is 32.6 Å². The fraction of sp³-hybridized carbons (Fsp3) is 0.214. The number of aryl methyl sites for hydroxylation is 1. The maximum atomic E-state index is 13.4. The van der Waals surface area contributed by atoms with E-state index in [0.717, 1.165) is 47.7 Å². The predicted molar refractivity (Wildman–Crippen MR) is 148 cm³/mol. The Morgan fingerprint density at radius 2 is 1.81 bits per heavy atom. The van der Waals surface area contributed by atoms with E-state index in [4.69, 9.17) is 21.9 Å². The van der Waals surface area contributed by atoms with Gasteiger partial charge in [0.1, 0.15) is 5.00 Å². The number of benzene rings is 2. The smallest absolute Gasteiger partial charge is 0.341 e. The molecule has 2 aromatic heterocycles. The lowest BCUT2D eigenvalue weighted by atomic mass is 9.95. The van der Waals surface area contributed by atoms with Gasteiger partial charge in [0.25, 0.3) is 5.91 Å². The molecule has 0 saturated heterocycles. The maximum Gasteiger partial charge on any atom is 0.341 e. The van der Waals surface area contributed by atoms with Crippen molar-refractivity contribution in [2.24, 2.45) is 0 Å². The number of hydrogen-bond acceptors (Lipinski definition) is 6. The lowest BCUT2D eigenvalue weighted by Gasteiger charge is -2.13. The van der Waals surface area contributed by atoms with E-state index in [9.17, 15) is 9.59 Å². The molecule has 0 unspecified atom stereocenters. The Bertz CT molecular complexity index is 1460. The van der Waals surface area contributed by atoms with Gasteiger partial charge in [-0.2, -0.15) is 0 Å². The van der Waals surface area contributed by atoms with Crippen LogP contribution in [0.5, 0.6) is 0 Å². The van der Waals surface area contributed by atoms with Crippen LogP contribution in [0.4, 0.5) is 5.00 Å². The Labute approximate surface area is 218 Å². The number of hydrogen-bond donors (Lipinski definition) is 2. The number of ether oxygens (including phenoxy) is 1. The van der Waals surface area contributed by atoms with Crippen LogP contribution < -0.4 is 10.6 Å². The van der Waals surface area contributed by atoms with Crippen molar-refractivity contribution >= 4 is 56.4 Å². The van der Waals surface area contributed by atoms with E-state index >= 15 is 0 Å². The quantitative estimate of drug-likeness (QED) is 0.245. The van der Waals surface area contributed by atoms with Crippen molar-refractivity contribution in [3.05, 3.63) is 82.2 Å². The molecule has 0 spiro atoms. The van der Waals surface area contributed by atoms with Crippen LogP contribution >= 0.6 is 23.6 Å². The zero-order valence-corrected chi connectivity index (χ0v) is 21.4. The lowest BCUT2D eigenvalue weighted by Crippen LogP contribution is -2.34. The van der Waals surface area contributed by atoms with Gasteiger partial charge in [-0.3, -0.25) is 10.1 Å². The summed E-state index contributed by atoms with van der Waals surface area (Å²) in [6.07, 6.45) is 3.90. The summed E-state index contributed by atoms with van der Waals surface area (Å²) in [5, 5.41) is 7.39. The number of para-hydroxylation sites is 1. The van der Waals surface area contributed by atoms with Gasteiger partial charge >= 0.3 is 5.97 Å². The van der Waals surface area contributed by atoms with Crippen LogP contribution in [0.2, 0.25) is 0 Å². The first-order valence-electron chi connectivity index (χ1n) is 11.9. The Kier molecular flexibility index (Phi) is 7.06. The van der Waals surface area contributed by atoms with Crippen molar-refractivity contribution in [3.8, 4) is 11.3 Å². The Balaban J connectivity index is 1.43. The van der Waals surface area contributed by atoms with Crippen molar-refractivity contribution < 1.29 is 14.3 Å². The van der Waals surface area contributed by atoms with Gasteiger partial charge in [-0.15, -0.1) is 11.3 Å². The molecule has 6 nitrogen and oxygen atoms in total. The highest BCUT2D eigenvalue weighted by molar-refractivity contribution is 7.80. The normalized spacial score (nSPS) is 12.6. The van der Waals surface area contributed by atoms with Gasteiger partial charge in [-0.1, -0.05) is 48.5 Å². The molecule has 2 N–H and O–H groups in total. The summed E-state index contributed by atoms with van der Waals surface area (Å²) in [6.45, 7) is 2.08. The van der Waals surface area contributed by atoms with Crippen LogP contribution in [0.15, 0.2) is 60.7 Å². The SMILES string of the molecule is CCOC(=O)c1c(NC(=S)NC(=O)c2cc(-c3ccccc3)nc3ccccc23)sc2c1CCCC2. The van der Waals surface area contributed by atoms with Crippen LogP contribution in [-0.2, 0) is 17.6 Å². The first-order valence-corrected chi connectivity index (χ1v) is 13.2. The van der Waals surface area contributed by atoms with Crippen LogP contribution in [0, 0.1) is 0 Å². The van der Waals surface area contributed by atoms with Gasteiger partial charge < -0.3 is 10.1 Å². The topological polar surface area (TPSA) is 80.3 Å². The molecule has 182 valence electrons. The van der Waals surface area contributed by atoms with Gasteiger partial charge in [0, 0.05) is 15.8 Å². The molecule has 1 aliphatic rings. The minimum absolute atomic E-state index is 0.131. The number of pyridine rings is 1. The van der Waals surface area contributed by atoms with E-state index in [1.165, 1.54) is 16.2 Å². The van der Waals surface area contributed by atoms with Crippen molar-refractivity contribution in [1.29, 1.82) is 0 Å². The third-order valence-corrected chi connectivity index (χ3v) is 7.55. The van der Waals surface area contributed by atoms with Crippen LogP contribution in [-0.4, -0.2) is 28.6 Å².